The summed E-state index contributed by atoms with van der Waals surface area (Å²) in [6.07, 6.45) is -0.513. The second-order valence-electron chi connectivity index (χ2n) is 9.44. The molecule has 39 heavy (non-hydrogen) atoms. The first-order valence-corrected chi connectivity index (χ1v) is 12.4. The van der Waals surface area contributed by atoms with E-state index in [9.17, 15) is 24.3 Å². The highest BCUT2D eigenvalue weighted by Gasteiger charge is 2.58. The van der Waals surface area contributed by atoms with Crippen LogP contribution >= 0.6 is 0 Å². The average molecular weight is 528 g/mol. The highest BCUT2D eigenvalue weighted by atomic mass is 16.4. The number of hydrogen-bond donors (Lipinski definition) is 2. The molecule has 0 saturated carbocycles. The largest absolute Gasteiger partial charge is 0.481 e. The van der Waals surface area contributed by atoms with Crippen molar-refractivity contribution in [2.45, 2.75) is 44.9 Å². The molecule has 0 spiro atoms. The van der Waals surface area contributed by atoms with E-state index in [0.717, 1.165) is 21.1 Å². The first kappa shape index (κ1) is 27.2. The van der Waals surface area contributed by atoms with Crippen LogP contribution in [0, 0.1) is 5.53 Å². The summed E-state index contributed by atoms with van der Waals surface area (Å²) in [4.78, 5) is 54.7. The van der Waals surface area contributed by atoms with E-state index in [-0.39, 0.29) is 13.1 Å². The van der Waals surface area contributed by atoms with Crippen LogP contribution in [0.1, 0.15) is 48.6 Å². The van der Waals surface area contributed by atoms with E-state index < -0.39 is 41.8 Å². The van der Waals surface area contributed by atoms with Crippen LogP contribution in [-0.4, -0.2) is 43.8 Å². The monoisotopic (exact) mass is 527 g/mol. The maximum Gasteiger partial charge on any atom is 0.347 e. The molecule has 1 saturated heterocycles. The van der Waals surface area contributed by atoms with Crippen molar-refractivity contribution in [3.05, 3.63) is 107 Å². The number of carbonyl (C=O) groups is 4. The minimum Gasteiger partial charge on any atom is -0.481 e. The van der Waals surface area contributed by atoms with Gasteiger partial charge >= 0.3 is 12.0 Å². The zero-order valence-corrected chi connectivity index (χ0v) is 21.7. The van der Waals surface area contributed by atoms with Gasteiger partial charge in [-0.1, -0.05) is 84.9 Å². The van der Waals surface area contributed by atoms with Crippen LogP contribution in [0.2, 0.25) is 0 Å². The summed E-state index contributed by atoms with van der Waals surface area (Å²) in [5, 5.41) is 14.8. The topological polar surface area (TPSA) is 134 Å². The third-order valence-electron chi connectivity index (χ3n) is 6.91. The van der Waals surface area contributed by atoms with Crippen molar-refractivity contribution >= 4 is 23.8 Å². The molecule has 0 aromatic heterocycles. The Labute approximate surface area is 225 Å². The summed E-state index contributed by atoms with van der Waals surface area (Å²) in [5.74, 6) is -2.51. The van der Waals surface area contributed by atoms with Crippen LogP contribution in [0.3, 0.4) is 0 Å². The third kappa shape index (κ3) is 5.26. The van der Waals surface area contributed by atoms with Gasteiger partial charge in [-0.3, -0.25) is 19.3 Å². The molecule has 1 fully saturated rings. The lowest BCUT2D eigenvalue weighted by molar-refractivity contribution is -0.162. The Balaban J connectivity index is 1.85. The van der Waals surface area contributed by atoms with Crippen molar-refractivity contribution in [1.29, 1.82) is 5.53 Å². The Hall–Kier alpha value is -4.86. The summed E-state index contributed by atoms with van der Waals surface area (Å²) < 4.78 is 0. The fourth-order valence-electron chi connectivity index (χ4n) is 4.89. The Morgan fingerprint density at radius 2 is 1.54 bits per heavy atom. The van der Waals surface area contributed by atoms with Crippen molar-refractivity contribution in [1.82, 2.24) is 14.9 Å². The molecule has 0 aliphatic carbocycles. The minimum absolute atomic E-state index is 0.0723. The molecule has 4 amide bonds. The molecule has 2 N–H and O–H groups in total. The molecule has 4 rings (SSSR count). The first-order valence-electron chi connectivity index (χ1n) is 12.4. The van der Waals surface area contributed by atoms with E-state index in [1.54, 1.807) is 61.5 Å². The van der Waals surface area contributed by atoms with Gasteiger partial charge in [0.1, 0.15) is 5.54 Å². The van der Waals surface area contributed by atoms with Gasteiger partial charge in [0, 0.05) is 13.5 Å². The first-order chi connectivity index (χ1) is 18.7. The molecule has 3 aromatic rings. The average Bonchev–Trinajstić information content (AvgIpc) is 3.11. The van der Waals surface area contributed by atoms with E-state index in [4.69, 9.17) is 5.53 Å². The number of rotatable bonds is 10. The van der Waals surface area contributed by atoms with Crippen molar-refractivity contribution in [3.8, 4) is 0 Å². The lowest BCUT2D eigenvalue weighted by Gasteiger charge is -2.35. The quantitative estimate of drug-likeness (QED) is 0.286. The van der Waals surface area contributed by atoms with Crippen LogP contribution in [0.5, 0.6) is 0 Å². The predicted octanol–water partition coefficient (Wildman–Crippen LogP) is 4.88. The predicted molar refractivity (Wildman–Crippen MR) is 141 cm³/mol. The van der Waals surface area contributed by atoms with Gasteiger partial charge in [-0.05, 0) is 29.2 Å². The number of aliphatic carboxylic acids is 1. The summed E-state index contributed by atoms with van der Waals surface area (Å²) in [6.45, 7) is 3.07. The Kier molecular flexibility index (Phi) is 7.85. The molecule has 3 aromatic carbocycles. The zero-order valence-electron chi connectivity index (χ0n) is 21.7. The van der Waals surface area contributed by atoms with Crippen LogP contribution < -0.4 is 0 Å². The highest BCUT2D eigenvalue weighted by molar-refractivity contribution is 6.08. The number of carbonyl (C=O) groups excluding carboxylic acids is 3. The van der Waals surface area contributed by atoms with Gasteiger partial charge in [-0.2, -0.15) is 10.1 Å². The number of nitrogens with one attached hydrogen (secondary N) is 1. The van der Waals surface area contributed by atoms with E-state index in [1.165, 1.54) is 11.8 Å². The van der Waals surface area contributed by atoms with Gasteiger partial charge in [0.2, 0.25) is 5.91 Å². The number of amides is 4. The molecule has 0 bridgehead atoms. The molecule has 1 aliphatic heterocycles. The second kappa shape index (κ2) is 11.3. The fourth-order valence-corrected chi connectivity index (χ4v) is 4.89. The van der Waals surface area contributed by atoms with Gasteiger partial charge in [-0.15, -0.1) is 0 Å². The number of urea groups is 1. The molecule has 10 nitrogen and oxygen atoms in total. The van der Waals surface area contributed by atoms with Gasteiger partial charge < -0.3 is 5.11 Å². The van der Waals surface area contributed by atoms with Crippen LogP contribution in [0.25, 0.3) is 0 Å². The maximum atomic E-state index is 14.3. The van der Waals surface area contributed by atoms with E-state index >= 15 is 0 Å². The number of nitrogens with zero attached hydrogens (tertiary/aromatic N) is 4. The number of hydrazine groups is 1. The van der Waals surface area contributed by atoms with Gasteiger partial charge in [0.15, 0.2) is 0 Å². The number of benzene rings is 3. The van der Waals surface area contributed by atoms with E-state index in [1.807, 2.05) is 30.3 Å². The summed E-state index contributed by atoms with van der Waals surface area (Å²) in [5.41, 5.74) is 8.12. The number of carboxylic acids is 1. The van der Waals surface area contributed by atoms with E-state index in [2.05, 4.69) is 5.11 Å². The lowest BCUT2D eigenvalue weighted by atomic mass is 9.89. The molecular formula is C29H29N5O5. The molecule has 0 radical (unpaired) electrons. The Morgan fingerprint density at radius 3 is 2.08 bits per heavy atom. The van der Waals surface area contributed by atoms with Gasteiger partial charge in [-0.25, -0.2) is 15.3 Å². The summed E-state index contributed by atoms with van der Waals surface area (Å²) in [7, 11) is 0. The molecule has 1 aliphatic rings. The van der Waals surface area contributed by atoms with Gasteiger partial charge in [0.05, 0.1) is 19.0 Å². The zero-order chi connectivity index (χ0) is 28.2. The van der Waals surface area contributed by atoms with Crippen molar-refractivity contribution in [2.75, 3.05) is 0 Å². The smallest absolute Gasteiger partial charge is 0.347 e. The molecular weight excluding hydrogens is 498 g/mol. The standard InChI is InChI=1S/C29H29N5O5/c1-20(35)33(25(17-26(36)37)23-11-7-4-8-12-23)34-27(38)29(2,24-15-13-21(14-16-24)18-31-30)32(28(34)39)19-22-9-5-3-6-10-22/h3-16,25,30H,17-19H2,1-2H3,(H,36,37)/t25-,29-/m1/s1. The normalized spacial score (nSPS) is 17.7. The van der Waals surface area contributed by atoms with E-state index in [0.29, 0.717) is 11.1 Å². The number of hydrogen-bond acceptors (Lipinski definition) is 6. The maximum absolute atomic E-state index is 14.3. The Bertz CT molecular complexity index is 1380. The van der Waals surface area contributed by atoms with Gasteiger partial charge in [0.25, 0.3) is 5.91 Å². The second-order valence-corrected chi connectivity index (χ2v) is 9.44. The molecule has 0 unspecified atom stereocenters. The van der Waals surface area contributed by atoms with Crippen molar-refractivity contribution in [2.24, 2.45) is 5.11 Å². The van der Waals surface area contributed by atoms with Crippen molar-refractivity contribution < 1.29 is 24.3 Å². The van der Waals surface area contributed by atoms with Crippen LogP contribution in [0.15, 0.2) is 90.0 Å². The molecule has 2 atom stereocenters. The number of carboxylic acid groups (broad SMARTS) is 1. The minimum atomic E-state index is -1.51. The Morgan fingerprint density at radius 1 is 0.949 bits per heavy atom. The van der Waals surface area contributed by atoms with Crippen LogP contribution in [0.4, 0.5) is 4.79 Å². The summed E-state index contributed by atoms with van der Waals surface area (Å²) >= 11 is 0. The van der Waals surface area contributed by atoms with Crippen molar-refractivity contribution in [3.63, 3.8) is 0 Å². The fraction of sp³-hybridized carbons (Fsp3) is 0.241. The highest BCUT2D eigenvalue weighted by Crippen LogP contribution is 2.41. The lowest BCUT2D eigenvalue weighted by Crippen LogP contribution is -2.52. The SMILES string of the molecule is CC(=O)N([C@H](CC(=O)O)c1ccccc1)N1C(=O)N(Cc2ccccc2)[C@](C)(c2ccc(CN=N)cc2)C1=O. The molecule has 10 heteroatoms. The third-order valence-corrected chi connectivity index (χ3v) is 6.91. The van der Waals surface area contributed by atoms with Crippen LogP contribution in [-0.2, 0) is 33.0 Å². The molecule has 200 valence electrons. The molecule has 1 heterocycles. The number of imide groups is 1. The summed E-state index contributed by atoms with van der Waals surface area (Å²) in [6, 6.07) is 22.7.